The van der Waals surface area contributed by atoms with Crippen LogP contribution < -0.4 is 0 Å². The molecule has 7 aliphatic rings. The lowest BCUT2D eigenvalue weighted by Crippen LogP contribution is -2.68. The van der Waals surface area contributed by atoms with Crippen molar-refractivity contribution < 1.29 is 0 Å². The van der Waals surface area contributed by atoms with E-state index in [2.05, 4.69) is 13.8 Å². The molecule has 0 aromatic carbocycles. The van der Waals surface area contributed by atoms with Crippen molar-refractivity contribution in [3.63, 3.8) is 0 Å². The van der Waals surface area contributed by atoms with Gasteiger partial charge in [-0.3, -0.25) is 0 Å². The van der Waals surface area contributed by atoms with Crippen LogP contribution in [0.1, 0.15) is 52.4 Å². The Morgan fingerprint density at radius 1 is 0.812 bits per heavy atom. The first-order valence-electron chi connectivity index (χ1n) is 7.59. The molecule has 7 saturated carbocycles. The second-order valence-corrected chi connectivity index (χ2v) is 8.68. The lowest BCUT2D eigenvalue weighted by Gasteiger charge is -2.76. The molecule has 4 atom stereocenters. The molecule has 0 aromatic heterocycles. The van der Waals surface area contributed by atoms with Crippen LogP contribution in [0, 0.1) is 46.3 Å². The Morgan fingerprint density at radius 3 is 2.06 bits per heavy atom. The van der Waals surface area contributed by atoms with Crippen LogP contribution in [0.15, 0.2) is 0 Å². The molecule has 7 fully saturated rings. The van der Waals surface area contributed by atoms with Crippen molar-refractivity contribution in [2.75, 3.05) is 0 Å². The third-order valence-corrected chi connectivity index (χ3v) is 7.87. The summed E-state index contributed by atoms with van der Waals surface area (Å²) in [6.07, 6.45) is 9.67. The number of hydrogen-bond donors (Lipinski definition) is 0. The molecule has 7 rings (SSSR count). The van der Waals surface area contributed by atoms with Gasteiger partial charge in [-0.25, -0.2) is 0 Å². The molecule has 0 aromatic rings. The van der Waals surface area contributed by atoms with Crippen molar-refractivity contribution in [1.29, 1.82) is 0 Å². The largest absolute Gasteiger partial charge is 0.0596 e. The molecule has 0 amide bonds. The molecular weight excluding hydrogens is 192 g/mol. The van der Waals surface area contributed by atoms with E-state index in [1.54, 1.807) is 38.5 Å². The van der Waals surface area contributed by atoms with Crippen molar-refractivity contribution in [3.8, 4) is 0 Å². The lowest BCUT2D eigenvalue weighted by molar-refractivity contribution is -0.271. The first-order valence-corrected chi connectivity index (χ1v) is 7.59. The molecule has 0 saturated heterocycles. The van der Waals surface area contributed by atoms with E-state index in [9.17, 15) is 0 Å². The highest BCUT2D eigenvalue weighted by Gasteiger charge is 2.70. The zero-order valence-electron chi connectivity index (χ0n) is 10.7. The van der Waals surface area contributed by atoms with Gasteiger partial charge < -0.3 is 0 Å². The molecule has 7 aliphatic carbocycles. The van der Waals surface area contributed by atoms with Crippen LogP contribution in [0.3, 0.4) is 0 Å². The fourth-order valence-corrected chi connectivity index (χ4v) is 7.93. The quantitative estimate of drug-likeness (QED) is 0.572. The Kier molecular flexibility index (Phi) is 1.28. The normalized spacial score (nSPS) is 73.9. The van der Waals surface area contributed by atoms with Gasteiger partial charge >= 0.3 is 0 Å². The average Bonchev–Trinajstić information content (AvgIpc) is 2.23. The SMILES string of the molecule is CC12CC3C4CC5CC3C(C)(C1)C(C5)C4C2. The van der Waals surface area contributed by atoms with Crippen molar-refractivity contribution in [1.82, 2.24) is 0 Å². The van der Waals surface area contributed by atoms with E-state index in [-0.39, 0.29) is 0 Å². The molecular formula is C16H24. The summed E-state index contributed by atoms with van der Waals surface area (Å²) in [5.41, 5.74) is 1.55. The maximum absolute atomic E-state index is 2.69. The molecule has 0 heteroatoms. The van der Waals surface area contributed by atoms with E-state index in [1.807, 2.05) is 0 Å². The van der Waals surface area contributed by atoms with Crippen LogP contribution >= 0.6 is 0 Å². The Balaban J connectivity index is 1.73. The highest BCUT2D eigenvalue weighted by molar-refractivity contribution is 5.19. The van der Waals surface area contributed by atoms with Crippen LogP contribution in [0.2, 0.25) is 0 Å². The van der Waals surface area contributed by atoms with Gasteiger partial charge in [0, 0.05) is 0 Å². The van der Waals surface area contributed by atoms with Gasteiger partial charge in [-0.15, -0.1) is 0 Å². The molecule has 0 aliphatic heterocycles. The summed E-state index contributed by atoms with van der Waals surface area (Å²) in [5.74, 6) is 6.97. The van der Waals surface area contributed by atoms with Crippen LogP contribution in [-0.2, 0) is 0 Å². The monoisotopic (exact) mass is 216 g/mol. The number of rotatable bonds is 0. The van der Waals surface area contributed by atoms with Gasteiger partial charge in [-0.05, 0) is 84.9 Å². The average molecular weight is 216 g/mol. The van der Waals surface area contributed by atoms with E-state index < -0.39 is 0 Å². The van der Waals surface area contributed by atoms with Gasteiger partial charge in [0.05, 0.1) is 0 Å². The molecule has 8 bridgehead atoms. The topological polar surface area (TPSA) is 0 Å². The van der Waals surface area contributed by atoms with Gasteiger partial charge in [0.15, 0.2) is 0 Å². The van der Waals surface area contributed by atoms with Gasteiger partial charge in [0.25, 0.3) is 0 Å². The second-order valence-electron chi connectivity index (χ2n) is 8.68. The highest BCUT2D eigenvalue weighted by atomic mass is 14.7. The zero-order chi connectivity index (χ0) is 10.7. The Hall–Kier alpha value is 0. The zero-order valence-corrected chi connectivity index (χ0v) is 10.7. The summed E-state index contributed by atoms with van der Waals surface area (Å²) in [5, 5.41) is 0. The predicted octanol–water partition coefficient (Wildman–Crippen LogP) is 4.10. The highest BCUT2D eigenvalue weighted by Crippen LogP contribution is 2.78. The fourth-order valence-electron chi connectivity index (χ4n) is 7.93. The molecule has 88 valence electrons. The van der Waals surface area contributed by atoms with E-state index in [4.69, 9.17) is 0 Å². The summed E-state index contributed by atoms with van der Waals surface area (Å²) in [6.45, 7) is 5.31. The van der Waals surface area contributed by atoms with Gasteiger partial charge in [0.1, 0.15) is 0 Å². The summed E-state index contributed by atoms with van der Waals surface area (Å²) in [4.78, 5) is 0. The van der Waals surface area contributed by atoms with Crippen LogP contribution in [0.25, 0.3) is 0 Å². The van der Waals surface area contributed by atoms with E-state index >= 15 is 0 Å². The van der Waals surface area contributed by atoms with Gasteiger partial charge in [-0.2, -0.15) is 0 Å². The Labute approximate surface area is 99.2 Å². The maximum atomic E-state index is 2.69. The molecule has 0 N–H and O–H groups in total. The summed E-state index contributed by atoms with van der Waals surface area (Å²) in [7, 11) is 0. The third-order valence-electron chi connectivity index (χ3n) is 7.87. The standard InChI is InChI=1S/C16H24/c1-15-6-11-10-3-9-4-13(11)16(2,8-15)14(5-9)12(10)7-15/h9-14H,3-8H2,1-2H3. The minimum atomic E-state index is 0.762. The van der Waals surface area contributed by atoms with Crippen molar-refractivity contribution in [3.05, 3.63) is 0 Å². The van der Waals surface area contributed by atoms with Gasteiger partial charge in [0.2, 0.25) is 0 Å². The lowest BCUT2D eigenvalue weighted by atomic mass is 9.29. The molecule has 0 nitrogen and oxygen atoms in total. The summed E-state index contributed by atoms with van der Waals surface area (Å²) >= 11 is 0. The Morgan fingerprint density at radius 2 is 1.44 bits per heavy atom. The van der Waals surface area contributed by atoms with Crippen LogP contribution in [0.5, 0.6) is 0 Å². The predicted molar refractivity (Wildman–Crippen MR) is 64.9 cm³/mol. The van der Waals surface area contributed by atoms with E-state index in [0.717, 1.165) is 40.4 Å². The number of hydrogen-bond acceptors (Lipinski definition) is 0. The third kappa shape index (κ3) is 0.754. The molecule has 0 radical (unpaired) electrons. The van der Waals surface area contributed by atoms with Crippen LogP contribution in [-0.4, -0.2) is 0 Å². The molecule has 0 heterocycles. The smallest absolute Gasteiger partial charge is 0.0258 e. The van der Waals surface area contributed by atoms with Crippen molar-refractivity contribution in [2.45, 2.75) is 52.4 Å². The fraction of sp³-hybridized carbons (Fsp3) is 1.00. The molecule has 16 heavy (non-hydrogen) atoms. The maximum Gasteiger partial charge on any atom is -0.0258 e. The summed E-state index contributed by atoms with van der Waals surface area (Å²) in [6, 6.07) is 0. The minimum absolute atomic E-state index is 0.762. The van der Waals surface area contributed by atoms with E-state index in [1.165, 1.54) is 5.92 Å². The minimum Gasteiger partial charge on any atom is -0.0596 e. The van der Waals surface area contributed by atoms with Crippen LogP contribution in [0.4, 0.5) is 0 Å². The Bertz CT molecular complexity index is 344. The van der Waals surface area contributed by atoms with Crippen molar-refractivity contribution in [2.24, 2.45) is 46.3 Å². The van der Waals surface area contributed by atoms with Gasteiger partial charge in [-0.1, -0.05) is 13.8 Å². The summed E-state index contributed by atoms with van der Waals surface area (Å²) < 4.78 is 0. The van der Waals surface area contributed by atoms with Crippen molar-refractivity contribution >= 4 is 0 Å². The first kappa shape index (κ1) is 9.00. The second kappa shape index (κ2) is 2.27. The molecule has 4 unspecified atom stereocenters. The first-order chi connectivity index (χ1) is 7.59. The van der Waals surface area contributed by atoms with E-state index in [0.29, 0.717) is 0 Å². The molecule has 0 spiro atoms.